The average molecular weight is 339 g/mol. The van der Waals surface area contributed by atoms with Crippen molar-refractivity contribution in [3.63, 3.8) is 0 Å². The fourth-order valence-electron chi connectivity index (χ4n) is 1.92. The van der Waals surface area contributed by atoms with Gasteiger partial charge in [-0.15, -0.1) is 22.7 Å². The Bertz CT molecular complexity index is 813. The van der Waals surface area contributed by atoms with Crippen molar-refractivity contribution < 1.29 is 4.79 Å². The van der Waals surface area contributed by atoms with Crippen LogP contribution in [0.1, 0.15) is 14.5 Å². The van der Waals surface area contributed by atoms with Gasteiger partial charge in [-0.2, -0.15) is 0 Å². The highest BCUT2D eigenvalue weighted by atomic mass is 35.5. The molecule has 0 saturated heterocycles. The minimum atomic E-state index is -0.137. The number of aromatic nitrogens is 2. The molecule has 3 rings (SSSR count). The van der Waals surface area contributed by atoms with Crippen LogP contribution in [0.4, 0.5) is 5.69 Å². The first-order valence-corrected chi connectivity index (χ1v) is 8.06. The first kappa shape index (κ1) is 14.2. The summed E-state index contributed by atoms with van der Waals surface area (Å²) in [5.41, 5.74) is 6.99. The smallest absolute Gasteiger partial charge is 0.266 e. The molecule has 0 fully saturated rings. The standard InChI is InChI=1S/C13H11ClN4OS2/c1-18(6-7-2-3-8(14)20-7)13(19)11-9(15)10-12(21-11)17-5-4-16-10/h2-5H,6,15H2,1H3. The van der Waals surface area contributed by atoms with Gasteiger partial charge in [-0.05, 0) is 12.1 Å². The predicted octanol–water partition coefficient (Wildman–Crippen LogP) is 3.26. The van der Waals surface area contributed by atoms with Gasteiger partial charge in [-0.3, -0.25) is 4.79 Å². The van der Waals surface area contributed by atoms with E-state index in [9.17, 15) is 4.79 Å². The van der Waals surface area contributed by atoms with Crippen LogP contribution in [0.25, 0.3) is 10.3 Å². The summed E-state index contributed by atoms with van der Waals surface area (Å²) in [5.74, 6) is -0.137. The third-order valence-corrected chi connectivity index (χ3v) is 5.23. The Hall–Kier alpha value is -1.70. The fraction of sp³-hybridized carbons (Fsp3) is 0.154. The van der Waals surface area contributed by atoms with E-state index in [0.29, 0.717) is 31.8 Å². The normalized spacial score (nSPS) is 11.0. The third-order valence-electron chi connectivity index (χ3n) is 2.93. The van der Waals surface area contributed by atoms with Crippen LogP contribution in [0.15, 0.2) is 24.5 Å². The second-order valence-corrected chi connectivity index (χ2v) is 7.22. The van der Waals surface area contributed by atoms with E-state index in [4.69, 9.17) is 17.3 Å². The minimum Gasteiger partial charge on any atom is -0.396 e. The van der Waals surface area contributed by atoms with Crippen molar-refractivity contribution in [3.05, 3.63) is 38.6 Å². The fourth-order valence-corrected chi connectivity index (χ4v) is 4.08. The molecule has 1 amide bonds. The van der Waals surface area contributed by atoms with Crippen LogP contribution in [0.5, 0.6) is 0 Å². The van der Waals surface area contributed by atoms with Crippen molar-refractivity contribution in [2.24, 2.45) is 0 Å². The van der Waals surface area contributed by atoms with E-state index in [0.717, 1.165) is 4.88 Å². The van der Waals surface area contributed by atoms with E-state index in [1.807, 2.05) is 12.1 Å². The molecule has 0 aliphatic rings. The van der Waals surface area contributed by atoms with Crippen molar-refractivity contribution in [2.75, 3.05) is 12.8 Å². The van der Waals surface area contributed by atoms with Crippen LogP contribution in [0.3, 0.4) is 0 Å². The zero-order valence-corrected chi connectivity index (χ0v) is 13.4. The Morgan fingerprint density at radius 2 is 2.10 bits per heavy atom. The molecule has 3 aromatic heterocycles. The predicted molar refractivity (Wildman–Crippen MR) is 87.0 cm³/mol. The van der Waals surface area contributed by atoms with Crippen LogP contribution >= 0.6 is 34.3 Å². The SMILES string of the molecule is CN(Cc1ccc(Cl)s1)C(=O)c1sc2nccnc2c1N. The second kappa shape index (κ2) is 5.59. The summed E-state index contributed by atoms with van der Waals surface area (Å²) in [4.78, 5) is 24.6. The Morgan fingerprint density at radius 1 is 1.33 bits per heavy atom. The van der Waals surface area contributed by atoms with E-state index in [2.05, 4.69) is 9.97 Å². The van der Waals surface area contributed by atoms with Gasteiger partial charge in [0.25, 0.3) is 5.91 Å². The lowest BCUT2D eigenvalue weighted by molar-refractivity contribution is 0.0792. The molecule has 3 aromatic rings. The molecule has 0 aliphatic carbocycles. The van der Waals surface area contributed by atoms with E-state index < -0.39 is 0 Å². The summed E-state index contributed by atoms with van der Waals surface area (Å²) < 4.78 is 0.709. The lowest BCUT2D eigenvalue weighted by Gasteiger charge is -2.15. The number of amides is 1. The van der Waals surface area contributed by atoms with Crippen molar-refractivity contribution >= 4 is 56.2 Å². The molecule has 0 bridgehead atoms. The number of carbonyl (C=O) groups is 1. The van der Waals surface area contributed by atoms with Gasteiger partial charge < -0.3 is 10.6 Å². The molecule has 0 unspecified atom stereocenters. The number of rotatable bonds is 3. The lowest BCUT2D eigenvalue weighted by atomic mass is 10.3. The molecule has 2 N–H and O–H groups in total. The summed E-state index contributed by atoms with van der Waals surface area (Å²) in [7, 11) is 1.74. The molecule has 0 radical (unpaired) electrons. The Balaban J connectivity index is 1.87. The van der Waals surface area contributed by atoms with Gasteiger partial charge in [0.2, 0.25) is 0 Å². The molecule has 21 heavy (non-hydrogen) atoms. The topological polar surface area (TPSA) is 72.1 Å². The van der Waals surface area contributed by atoms with Crippen molar-refractivity contribution in [1.29, 1.82) is 0 Å². The molecular weight excluding hydrogens is 328 g/mol. The summed E-state index contributed by atoms with van der Waals surface area (Å²) in [6.07, 6.45) is 3.15. The zero-order valence-electron chi connectivity index (χ0n) is 11.0. The van der Waals surface area contributed by atoms with Crippen LogP contribution in [-0.4, -0.2) is 27.8 Å². The highest BCUT2D eigenvalue weighted by Gasteiger charge is 2.21. The maximum absolute atomic E-state index is 12.5. The maximum atomic E-state index is 12.5. The highest BCUT2D eigenvalue weighted by Crippen LogP contribution is 2.31. The second-order valence-electron chi connectivity index (χ2n) is 4.42. The number of hydrogen-bond donors (Lipinski definition) is 1. The molecule has 0 aromatic carbocycles. The molecular formula is C13H11ClN4OS2. The quantitative estimate of drug-likeness (QED) is 0.795. The third kappa shape index (κ3) is 2.72. The first-order chi connectivity index (χ1) is 10.1. The van der Waals surface area contributed by atoms with Crippen LogP contribution < -0.4 is 5.73 Å². The minimum absolute atomic E-state index is 0.137. The molecule has 5 nitrogen and oxygen atoms in total. The van der Waals surface area contributed by atoms with Gasteiger partial charge in [0.15, 0.2) is 0 Å². The van der Waals surface area contributed by atoms with Gasteiger partial charge in [-0.1, -0.05) is 11.6 Å². The van der Waals surface area contributed by atoms with Crippen molar-refractivity contribution in [3.8, 4) is 0 Å². The summed E-state index contributed by atoms with van der Waals surface area (Å²) in [6, 6.07) is 3.73. The number of nitrogen functional groups attached to an aromatic ring is 1. The number of nitrogens with two attached hydrogens (primary N) is 1. The number of carbonyl (C=O) groups excluding carboxylic acids is 1. The molecule has 8 heteroatoms. The highest BCUT2D eigenvalue weighted by molar-refractivity contribution is 7.21. The van der Waals surface area contributed by atoms with Crippen LogP contribution in [-0.2, 0) is 6.54 Å². The molecule has 0 aliphatic heterocycles. The Morgan fingerprint density at radius 3 is 2.76 bits per heavy atom. The van der Waals surface area contributed by atoms with Crippen LogP contribution in [0, 0.1) is 0 Å². The van der Waals surface area contributed by atoms with E-state index in [-0.39, 0.29) is 5.91 Å². The Labute approximate surface area is 134 Å². The van der Waals surface area contributed by atoms with Gasteiger partial charge in [-0.25, -0.2) is 9.97 Å². The Kier molecular flexibility index (Phi) is 3.79. The van der Waals surface area contributed by atoms with Gasteiger partial charge >= 0.3 is 0 Å². The summed E-state index contributed by atoms with van der Waals surface area (Å²) in [5, 5.41) is 0. The molecule has 0 spiro atoms. The van der Waals surface area contributed by atoms with Crippen molar-refractivity contribution in [2.45, 2.75) is 6.54 Å². The first-order valence-electron chi connectivity index (χ1n) is 6.05. The van der Waals surface area contributed by atoms with E-state index in [1.54, 1.807) is 24.3 Å². The monoisotopic (exact) mass is 338 g/mol. The van der Waals surface area contributed by atoms with Crippen LogP contribution in [0.2, 0.25) is 4.34 Å². The number of thiophene rings is 2. The summed E-state index contributed by atoms with van der Waals surface area (Å²) >= 11 is 8.62. The number of anilines is 1. The number of hydrogen-bond acceptors (Lipinski definition) is 6. The molecule has 3 heterocycles. The number of fused-ring (bicyclic) bond motifs is 1. The number of halogens is 1. The number of nitrogens with zero attached hydrogens (tertiary/aromatic N) is 3. The zero-order chi connectivity index (χ0) is 15.0. The van der Waals surface area contributed by atoms with Crippen molar-refractivity contribution in [1.82, 2.24) is 14.9 Å². The molecule has 0 saturated carbocycles. The van der Waals surface area contributed by atoms with Gasteiger partial charge in [0.05, 0.1) is 16.6 Å². The largest absolute Gasteiger partial charge is 0.396 e. The average Bonchev–Trinajstić information content (AvgIpc) is 3.03. The molecule has 108 valence electrons. The van der Waals surface area contributed by atoms with Gasteiger partial charge in [0, 0.05) is 24.3 Å². The van der Waals surface area contributed by atoms with Gasteiger partial charge in [0.1, 0.15) is 15.2 Å². The summed E-state index contributed by atoms with van der Waals surface area (Å²) in [6.45, 7) is 0.491. The van der Waals surface area contributed by atoms with E-state index >= 15 is 0 Å². The lowest BCUT2D eigenvalue weighted by Crippen LogP contribution is -2.25. The van der Waals surface area contributed by atoms with E-state index in [1.165, 1.54) is 22.7 Å². The maximum Gasteiger partial charge on any atom is 0.266 e. The molecule has 0 atom stereocenters.